The lowest BCUT2D eigenvalue weighted by molar-refractivity contribution is 0.501. The van der Waals surface area contributed by atoms with E-state index in [1.165, 1.54) is 50.1 Å². The van der Waals surface area contributed by atoms with Crippen LogP contribution >= 0.6 is 0 Å². The molecule has 2 aliphatic heterocycles. The number of allylic oxidation sites excluding steroid dienone is 7. The van der Waals surface area contributed by atoms with Crippen LogP contribution in [0.4, 0.5) is 11.4 Å². The number of anilines is 2. The normalized spacial score (nSPS) is 24.9. The molecule has 2 heterocycles. The van der Waals surface area contributed by atoms with Crippen molar-refractivity contribution >= 4 is 32.9 Å². The zero-order valence-corrected chi connectivity index (χ0v) is 23.3. The summed E-state index contributed by atoms with van der Waals surface area (Å²) in [6.07, 6.45) is 22.1. The van der Waals surface area contributed by atoms with E-state index in [1.54, 1.807) is 0 Å². The first kappa shape index (κ1) is 24.1. The Bertz CT molecular complexity index is 1870. The Labute approximate surface area is 242 Å². The van der Waals surface area contributed by atoms with E-state index < -0.39 is 0 Å². The summed E-state index contributed by atoms with van der Waals surface area (Å²) in [4.78, 5) is 5.14. The van der Waals surface area contributed by atoms with Gasteiger partial charge in [-0.25, -0.2) is 0 Å². The first-order valence-corrected chi connectivity index (χ1v) is 14.8. The van der Waals surface area contributed by atoms with Gasteiger partial charge in [0.2, 0.25) is 0 Å². The highest BCUT2D eigenvalue weighted by Gasteiger charge is 2.51. The van der Waals surface area contributed by atoms with Gasteiger partial charge in [-0.3, -0.25) is 0 Å². The second-order valence-electron chi connectivity index (χ2n) is 11.6. The Balaban J connectivity index is 1.34. The van der Waals surface area contributed by atoms with Gasteiger partial charge in [-0.15, -0.1) is 0 Å². The van der Waals surface area contributed by atoms with Crippen molar-refractivity contribution in [3.8, 4) is 0 Å². The highest BCUT2D eigenvalue weighted by atomic mass is 15.3. The van der Waals surface area contributed by atoms with Gasteiger partial charge in [-0.05, 0) is 72.4 Å². The summed E-state index contributed by atoms with van der Waals surface area (Å²) in [5.74, 6) is 0.244. The second kappa shape index (κ2) is 9.43. The van der Waals surface area contributed by atoms with E-state index in [0.29, 0.717) is 0 Å². The standard InChI is InChI=1S/C39H32N2/c1-39-27-30-16-4-2-3-11-25-40(35-23-12-17-28-14-5-7-19-31(28)35)38(30)26-34(39)33-21-9-10-22-37(33)41(39)36-24-13-18-29-15-6-8-20-32(29)36/h2-6,8,11-15,17-18,20-24,26-27,34H,9-10,16,25H2,1H3/b4-2-,11-3-. The second-order valence-corrected chi connectivity index (χ2v) is 11.6. The largest absolute Gasteiger partial charge is 0.337 e. The fourth-order valence-corrected chi connectivity index (χ4v) is 7.37. The van der Waals surface area contributed by atoms with Gasteiger partial charge in [-0.2, -0.15) is 0 Å². The summed E-state index contributed by atoms with van der Waals surface area (Å²) in [7, 11) is 0. The molecule has 4 aromatic rings. The number of hydrogen-bond donors (Lipinski definition) is 0. The molecule has 0 saturated carbocycles. The Kier molecular flexibility index (Phi) is 5.54. The molecular weight excluding hydrogens is 496 g/mol. The molecule has 2 nitrogen and oxygen atoms in total. The minimum Gasteiger partial charge on any atom is -0.337 e. The molecule has 0 spiro atoms. The third-order valence-corrected chi connectivity index (χ3v) is 9.19. The van der Waals surface area contributed by atoms with E-state index in [0.717, 1.165) is 31.2 Å². The van der Waals surface area contributed by atoms with Crippen molar-refractivity contribution in [2.45, 2.75) is 31.7 Å². The van der Waals surface area contributed by atoms with Crippen molar-refractivity contribution in [3.05, 3.63) is 156 Å². The van der Waals surface area contributed by atoms with Gasteiger partial charge in [0.1, 0.15) is 0 Å². The van der Waals surface area contributed by atoms with Crippen molar-refractivity contribution in [3.63, 3.8) is 0 Å². The average molecular weight is 529 g/mol. The molecule has 41 heavy (non-hydrogen) atoms. The van der Waals surface area contributed by atoms with Crippen LogP contribution in [0.25, 0.3) is 21.5 Å². The summed E-state index contributed by atoms with van der Waals surface area (Å²) >= 11 is 0. The van der Waals surface area contributed by atoms with Crippen LogP contribution < -0.4 is 9.80 Å². The molecule has 1 saturated heterocycles. The molecule has 8 rings (SSSR count). The molecule has 0 bridgehead atoms. The highest BCUT2D eigenvalue weighted by Crippen LogP contribution is 2.55. The van der Waals surface area contributed by atoms with Gasteiger partial charge in [0.25, 0.3) is 0 Å². The van der Waals surface area contributed by atoms with Crippen LogP contribution in [0.15, 0.2) is 144 Å². The maximum absolute atomic E-state index is 3.43. The smallest absolute Gasteiger partial charge is 0.0716 e. The van der Waals surface area contributed by atoms with Crippen LogP contribution in [-0.2, 0) is 0 Å². The van der Waals surface area contributed by atoms with Crippen LogP contribution in [0, 0.1) is 18.1 Å². The Morgan fingerprint density at radius 2 is 1.61 bits per heavy atom. The van der Waals surface area contributed by atoms with E-state index in [9.17, 15) is 0 Å². The van der Waals surface area contributed by atoms with Gasteiger partial charge < -0.3 is 9.80 Å². The van der Waals surface area contributed by atoms with Gasteiger partial charge >= 0.3 is 0 Å². The van der Waals surface area contributed by atoms with E-state index >= 15 is 0 Å². The third-order valence-electron chi connectivity index (χ3n) is 9.19. The monoisotopic (exact) mass is 528 g/mol. The minimum absolute atomic E-state index is 0.218. The first-order chi connectivity index (χ1) is 20.2. The third kappa shape index (κ3) is 3.73. The number of benzene rings is 3. The summed E-state index contributed by atoms with van der Waals surface area (Å²) in [5.41, 5.74) is 7.75. The molecule has 0 aromatic heterocycles. The van der Waals surface area contributed by atoms with Crippen molar-refractivity contribution in [2.75, 3.05) is 16.3 Å². The van der Waals surface area contributed by atoms with Gasteiger partial charge in [0, 0.05) is 34.9 Å². The highest BCUT2D eigenvalue weighted by molar-refractivity contribution is 5.97. The SMILES string of the molecule is CC12C=C3C/C=C\C=C/CN(c4cccc5ccc#cc45)C3=CC1C1=CCCC=C1N2c1cccc2ccccc12. The fourth-order valence-electron chi connectivity index (χ4n) is 7.37. The van der Waals surface area contributed by atoms with E-state index in [1.807, 2.05) is 6.07 Å². The molecular formula is C39H32N2. The summed E-state index contributed by atoms with van der Waals surface area (Å²) in [6, 6.07) is 32.8. The van der Waals surface area contributed by atoms with Gasteiger partial charge in [-0.1, -0.05) is 109 Å². The summed E-state index contributed by atoms with van der Waals surface area (Å²) in [5, 5.41) is 4.90. The van der Waals surface area contributed by atoms with Crippen molar-refractivity contribution < 1.29 is 0 Å². The average Bonchev–Trinajstić information content (AvgIpc) is 3.32. The van der Waals surface area contributed by atoms with Crippen LogP contribution in [0.5, 0.6) is 0 Å². The van der Waals surface area contributed by atoms with Gasteiger partial charge in [0.05, 0.1) is 16.6 Å². The van der Waals surface area contributed by atoms with Gasteiger partial charge in [0.15, 0.2) is 0 Å². The van der Waals surface area contributed by atoms with Crippen LogP contribution in [0.3, 0.4) is 0 Å². The fraction of sp³-hybridized carbons (Fsp3) is 0.179. The molecule has 2 aliphatic carbocycles. The van der Waals surface area contributed by atoms with Crippen LogP contribution in [-0.4, -0.2) is 12.1 Å². The maximum Gasteiger partial charge on any atom is 0.0716 e. The molecule has 0 amide bonds. The molecule has 198 valence electrons. The number of hydrogen-bond acceptors (Lipinski definition) is 2. The molecule has 1 fully saturated rings. The first-order valence-electron chi connectivity index (χ1n) is 14.8. The molecule has 4 aromatic carbocycles. The Morgan fingerprint density at radius 1 is 0.805 bits per heavy atom. The number of fused-ring (bicyclic) bond motifs is 6. The summed E-state index contributed by atoms with van der Waals surface area (Å²) < 4.78 is 0. The zero-order valence-electron chi connectivity index (χ0n) is 23.3. The maximum atomic E-state index is 3.43. The quantitative estimate of drug-likeness (QED) is 0.256. The lowest BCUT2D eigenvalue weighted by atomic mass is 9.75. The minimum atomic E-state index is -0.218. The number of rotatable bonds is 2. The molecule has 2 atom stereocenters. The lowest BCUT2D eigenvalue weighted by Gasteiger charge is -2.42. The number of nitrogens with zero attached hydrogens (tertiary/aromatic N) is 2. The van der Waals surface area contributed by atoms with E-state index in [-0.39, 0.29) is 11.5 Å². The molecule has 0 N–H and O–H groups in total. The predicted molar refractivity (Wildman–Crippen MR) is 172 cm³/mol. The van der Waals surface area contributed by atoms with E-state index in [2.05, 4.69) is 144 Å². The zero-order chi connectivity index (χ0) is 27.4. The van der Waals surface area contributed by atoms with Crippen molar-refractivity contribution in [1.29, 1.82) is 0 Å². The van der Waals surface area contributed by atoms with Crippen molar-refractivity contribution in [1.82, 2.24) is 0 Å². The Morgan fingerprint density at radius 3 is 2.56 bits per heavy atom. The lowest BCUT2D eigenvalue weighted by Crippen LogP contribution is -2.45. The molecule has 4 aliphatic rings. The molecule has 2 heteroatoms. The summed E-state index contributed by atoms with van der Waals surface area (Å²) in [6.45, 7) is 3.24. The van der Waals surface area contributed by atoms with Crippen molar-refractivity contribution in [2.24, 2.45) is 5.92 Å². The van der Waals surface area contributed by atoms with Crippen LogP contribution in [0.2, 0.25) is 0 Å². The van der Waals surface area contributed by atoms with Crippen LogP contribution in [0.1, 0.15) is 26.2 Å². The Hall–Kier alpha value is -4.74. The molecule has 2 unspecified atom stereocenters. The topological polar surface area (TPSA) is 6.48 Å². The predicted octanol–water partition coefficient (Wildman–Crippen LogP) is 9.24. The van der Waals surface area contributed by atoms with E-state index in [4.69, 9.17) is 0 Å². The molecule has 0 radical (unpaired) electrons.